The van der Waals surface area contributed by atoms with Crippen molar-refractivity contribution in [2.24, 2.45) is 11.8 Å². The Morgan fingerprint density at radius 1 is 0.933 bits per heavy atom. The highest BCUT2D eigenvalue weighted by Gasteiger charge is 2.36. The molecular formula is C34H54N5O5Si. The van der Waals surface area contributed by atoms with Crippen LogP contribution in [0.3, 0.4) is 0 Å². The van der Waals surface area contributed by atoms with Gasteiger partial charge in [-0.2, -0.15) is 0 Å². The van der Waals surface area contributed by atoms with Gasteiger partial charge in [0.05, 0.1) is 18.1 Å². The van der Waals surface area contributed by atoms with E-state index in [2.05, 4.69) is 66.9 Å². The zero-order valence-electron chi connectivity index (χ0n) is 28.5. The van der Waals surface area contributed by atoms with E-state index in [4.69, 9.17) is 4.43 Å². The number of hydrogen-bond acceptors (Lipinski definition) is 6. The summed E-state index contributed by atoms with van der Waals surface area (Å²) < 4.78 is 6.60. The molecule has 4 amide bonds. The quantitative estimate of drug-likeness (QED) is 0.366. The second-order valence-corrected chi connectivity index (χ2v) is 16.8. The highest BCUT2D eigenvalue weighted by atomic mass is 28.3. The Hall–Kier alpha value is -3.02. The molecule has 0 saturated carbocycles. The van der Waals surface area contributed by atoms with Gasteiger partial charge in [0.15, 0.2) is 0 Å². The molecule has 0 aliphatic carbocycles. The van der Waals surface area contributed by atoms with Crippen LogP contribution in [0.25, 0.3) is 6.08 Å². The van der Waals surface area contributed by atoms with E-state index in [1.54, 1.807) is 6.92 Å². The lowest BCUT2D eigenvalue weighted by Crippen LogP contribution is -2.62. The van der Waals surface area contributed by atoms with E-state index in [0.717, 1.165) is 11.1 Å². The number of fused-ring (bicyclic) bond motifs is 4. The molecular weight excluding hydrogens is 586 g/mol. The number of benzene rings is 1. The molecule has 4 N–H and O–H groups in total. The van der Waals surface area contributed by atoms with Crippen LogP contribution in [-0.4, -0.2) is 68.5 Å². The average molecular weight is 641 g/mol. The van der Waals surface area contributed by atoms with Crippen molar-refractivity contribution in [3.05, 3.63) is 41.5 Å². The summed E-state index contributed by atoms with van der Waals surface area (Å²) in [4.78, 5) is 53.6. The van der Waals surface area contributed by atoms with Crippen LogP contribution < -0.4 is 21.4 Å². The van der Waals surface area contributed by atoms with Crippen LogP contribution in [0.15, 0.2) is 30.3 Å². The van der Waals surface area contributed by atoms with Crippen molar-refractivity contribution in [2.45, 2.75) is 123 Å². The third-order valence-electron chi connectivity index (χ3n) is 8.80. The van der Waals surface area contributed by atoms with Gasteiger partial charge in [-0.3, -0.25) is 24.2 Å². The molecule has 10 nitrogen and oxygen atoms in total. The van der Waals surface area contributed by atoms with E-state index in [1.165, 1.54) is 5.01 Å². The first-order valence-electron chi connectivity index (χ1n) is 16.3. The predicted octanol–water partition coefficient (Wildman–Crippen LogP) is 4.25. The summed E-state index contributed by atoms with van der Waals surface area (Å²) in [7, 11) is -1.25. The summed E-state index contributed by atoms with van der Waals surface area (Å²) in [5, 5.41) is 10.3. The zero-order chi connectivity index (χ0) is 33.5. The van der Waals surface area contributed by atoms with Crippen LogP contribution in [-0.2, 0) is 23.6 Å². The first-order valence-corrected chi connectivity index (χ1v) is 18.2. The number of allylic oxidation sites excluding steroid dienone is 1. The number of hydrogen-bond donors (Lipinski definition) is 4. The van der Waals surface area contributed by atoms with Gasteiger partial charge in [-0.1, -0.05) is 71.9 Å². The minimum atomic E-state index is -1.25. The Bertz CT molecular complexity index is 1230. The molecule has 2 aliphatic heterocycles. The topological polar surface area (TPSA) is 129 Å². The van der Waals surface area contributed by atoms with Gasteiger partial charge < -0.3 is 20.4 Å². The molecule has 1 fully saturated rings. The molecule has 2 aliphatic rings. The van der Waals surface area contributed by atoms with Crippen molar-refractivity contribution in [3.8, 4) is 0 Å². The molecule has 2 heterocycles. The third-order valence-corrected chi connectivity index (χ3v) is 11.6. The first kappa shape index (κ1) is 36.4. The zero-order valence-corrected chi connectivity index (χ0v) is 29.5. The summed E-state index contributed by atoms with van der Waals surface area (Å²) in [5.74, 6) is -1.91. The maximum Gasteiger partial charge on any atom is 0.258 e. The number of carbonyl (C=O) groups excluding carboxylic acids is 4. The van der Waals surface area contributed by atoms with Crippen molar-refractivity contribution in [2.75, 3.05) is 6.54 Å². The van der Waals surface area contributed by atoms with E-state index >= 15 is 0 Å². The lowest BCUT2D eigenvalue weighted by molar-refractivity contribution is -0.143. The summed E-state index contributed by atoms with van der Waals surface area (Å²) in [5.41, 5.74) is 5.06. The van der Waals surface area contributed by atoms with Gasteiger partial charge in [0.2, 0.25) is 26.8 Å². The van der Waals surface area contributed by atoms with Crippen LogP contribution in [0.4, 0.5) is 0 Å². The fourth-order valence-electron chi connectivity index (χ4n) is 5.35. The number of hydrazine groups is 1. The van der Waals surface area contributed by atoms with Gasteiger partial charge in [-0.25, -0.2) is 5.43 Å². The van der Waals surface area contributed by atoms with Gasteiger partial charge in [0.1, 0.15) is 18.1 Å². The molecule has 0 spiro atoms. The highest BCUT2D eigenvalue weighted by molar-refractivity contribution is 6.53. The van der Waals surface area contributed by atoms with E-state index in [-0.39, 0.29) is 40.8 Å². The van der Waals surface area contributed by atoms with Crippen LogP contribution in [0, 0.1) is 11.8 Å². The van der Waals surface area contributed by atoms with Crippen LogP contribution in [0.1, 0.15) is 98.2 Å². The molecule has 3 rings (SSSR count). The standard InChI is InChI=1S/C34H54N5O5Si/c1-21(2)29-32(42)36-24(5)33(43)39-19-13-17-27(38-39)31(41)35-23(4)26-16-12-15-25(20-26)14-10-11-18-28(22(3)30(40)37-29)44-45(9)34(6,7)8/h10,12,14-16,20-24,27-29,38H,11,13,17-19H2,1-9H3,(H,35,41)(H,36,42)(H,37,40)/b14-10+/t22-,23-,24?,27+,28-,29?/m1/s1. The maximum atomic E-state index is 13.6. The van der Waals surface area contributed by atoms with E-state index < -0.39 is 39.0 Å². The summed E-state index contributed by atoms with van der Waals surface area (Å²) in [6, 6.07) is 5.55. The number of nitrogens with one attached hydrogen (secondary N) is 4. The summed E-state index contributed by atoms with van der Waals surface area (Å²) in [6.07, 6.45) is 6.40. The molecule has 1 aromatic carbocycles. The monoisotopic (exact) mass is 640 g/mol. The Balaban J connectivity index is 1.93. The second-order valence-electron chi connectivity index (χ2n) is 13.9. The normalized spacial score (nSPS) is 28.9. The molecule has 2 unspecified atom stereocenters. The van der Waals surface area contributed by atoms with Gasteiger partial charge >= 0.3 is 0 Å². The maximum absolute atomic E-state index is 13.6. The number of carbonyl (C=O) groups is 4. The fraction of sp³-hybridized carbons (Fsp3) is 0.647. The average Bonchev–Trinajstić information content (AvgIpc) is 2.99. The highest BCUT2D eigenvalue weighted by Crippen LogP contribution is 2.30. The molecule has 249 valence electrons. The third kappa shape index (κ3) is 10.2. The molecule has 1 radical (unpaired) electrons. The van der Waals surface area contributed by atoms with Crippen molar-refractivity contribution < 1.29 is 23.6 Å². The lowest BCUT2D eigenvalue weighted by Gasteiger charge is -2.35. The molecule has 0 aromatic heterocycles. The molecule has 45 heavy (non-hydrogen) atoms. The number of amides is 4. The van der Waals surface area contributed by atoms with Gasteiger partial charge in [0.25, 0.3) is 5.91 Å². The van der Waals surface area contributed by atoms with E-state index in [1.807, 2.05) is 45.9 Å². The van der Waals surface area contributed by atoms with Crippen molar-refractivity contribution in [1.29, 1.82) is 0 Å². The van der Waals surface area contributed by atoms with Crippen LogP contribution in [0.2, 0.25) is 11.6 Å². The fourth-order valence-corrected chi connectivity index (χ4v) is 6.48. The minimum Gasteiger partial charge on any atom is -0.413 e. The predicted molar refractivity (Wildman–Crippen MR) is 179 cm³/mol. The van der Waals surface area contributed by atoms with Crippen LogP contribution >= 0.6 is 0 Å². The van der Waals surface area contributed by atoms with Crippen LogP contribution in [0.5, 0.6) is 0 Å². The Kier molecular flexibility index (Phi) is 13.0. The van der Waals surface area contributed by atoms with Crippen molar-refractivity contribution >= 4 is 38.7 Å². The first-order chi connectivity index (χ1) is 21.1. The number of rotatable bonds is 3. The van der Waals surface area contributed by atoms with Crippen molar-refractivity contribution in [3.63, 3.8) is 0 Å². The Labute approximate surface area is 271 Å². The van der Waals surface area contributed by atoms with Gasteiger partial charge in [-0.05, 0) is 74.2 Å². The molecule has 1 aromatic rings. The molecule has 1 saturated heterocycles. The smallest absolute Gasteiger partial charge is 0.258 e. The molecule has 11 heteroatoms. The van der Waals surface area contributed by atoms with Gasteiger partial charge in [-0.15, -0.1) is 0 Å². The van der Waals surface area contributed by atoms with E-state index in [0.29, 0.717) is 32.2 Å². The molecule has 4 bridgehead atoms. The summed E-state index contributed by atoms with van der Waals surface area (Å²) in [6.45, 7) is 18.2. The Morgan fingerprint density at radius 3 is 2.29 bits per heavy atom. The van der Waals surface area contributed by atoms with Crippen molar-refractivity contribution in [1.82, 2.24) is 26.4 Å². The molecule has 6 atom stereocenters. The number of nitrogens with zero attached hydrogens (tertiary/aromatic N) is 1. The van der Waals surface area contributed by atoms with Gasteiger partial charge in [0, 0.05) is 6.54 Å². The second kappa shape index (κ2) is 16.0. The Morgan fingerprint density at radius 2 is 1.62 bits per heavy atom. The van der Waals surface area contributed by atoms with E-state index in [9.17, 15) is 19.2 Å². The largest absolute Gasteiger partial charge is 0.413 e. The lowest BCUT2D eigenvalue weighted by atomic mass is 9.96. The summed E-state index contributed by atoms with van der Waals surface area (Å²) >= 11 is 0. The SMILES string of the molecule is CC1NC(=O)C(C(C)C)NC(=O)[C@H](C)[C@H](O[Si](C)C(C)(C)C)CC/C=C/c2cccc(c2)[C@@H](C)NC(=O)[C@@H]2CCCN(N2)C1=O. The minimum absolute atomic E-state index is 0.0175.